The SMILES string of the molecule is COc1cccc(NC(=O)CN(C)CC(=O)N(CCC#N)c2ccccc2)c1. The average Bonchev–Trinajstić information content (AvgIpc) is 2.69. The molecule has 1 N–H and O–H groups in total. The summed E-state index contributed by atoms with van der Waals surface area (Å²) in [5.74, 6) is 0.252. The van der Waals surface area contributed by atoms with Crippen LogP contribution in [0.2, 0.25) is 0 Å². The lowest BCUT2D eigenvalue weighted by Crippen LogP contribution is -2.42. The molecule has 7 nitrogen and oxygen atoms in total. The van der Waals surface area contributed by atoms with Gasteiger partial charge in [-0.3, -0.25) is 14.5 Å². The van der Waals surface area contributed by atoms with E-state index in [1.807, 2.05) is 30.3 Å². The molecule has 0 fully saturated rings. The van der Waals surface area contributed by atoms with Gasteiger partial charge in [0, 0.05) is 24.0 Å². The Kier molecular flexibility index (Phi) is 8.00. The number of nitrogens with zero attached hydrogens (tertiary/aromatic N) is 3. The number of carbonyl (C=O) groups excluding carboxylic acids is 2. The molecule has 0 atom stereocenters. The molecule has 0 saturated carbocycles. The van der Waals surface area contributed by atoms with E-state index in [0.717, 1.165) is 5.69 Å². The Morgan fingerprint density at radius 2 is 1.86 bits per heavy atom. The van der Waals surface area contributed by atoms with E-state index in [4.69, 9.17) is 10.00 Å². The molecule has 28 heavy (non-hydrogen) atoms. The quantitative estimate of drug-likeness (QED) is 0.722. The van der Waals surface area contributed by atoms with Crippen molar-refractivity contribution in [3.8, 4) is 11.8 Å². The molecule has 2 amide bonds. The summed E-state index contributed by atoms with van der Waals surface area (Å²) in [7, 11) is 3.27. The highest BCUT2D eigenvalue weighted by Gasteiger charge is 2.18. The normalized spacial score (nSPS) is 10.2. The fraction of sp³-hybridized carbons (Fsp3) is 0.286. The third-order valence-corrected chi connectivity index (χ3v) is 3.99. The first-order valence-electron chi connectivity index (χ1n) is 8.88. The van der Waals surface area contributed by atoms with Gasteiger partial charge in [-0.2, -0.15) is 5.26 Å². The predicted octanol–water partition coefficient (Wildman–Crippen LogP) is 2.51. The molecular weight excluding hydrogens is 356 g/mol. The molecule has 0 bridgehead atoms. The largest absolute Gasteiger partial charge is 0.497 e. The topological polar surface area (TPSA) is 85.7 Å². The molecule has 146 valence electrons. The second-order valence-corrected chi connectivity index (χ2v) is 6.24. The number of nitrogens with one attached hydrogen (secondary N) is 1. The summed E-state index contributed by atoms with van der Waals surface area (Å²) < 4.78 is 5.14. The van der Waals surface area contributed by atoms with E-state index in [2.05, 4.69) is 11.4 Å². The first-order valence-corrected chi connectivity index (χ1v) is 8.88. The minimum atomic E-state index is -0.230. The van der Waals surface area contributed by atoms with Crippen molar-refractivity contribution in [2.75, 3.05) is 44.0 Å². The van der Waals surface area contributed by atoms with Gasteiger partial charge in [0.1, 0.15) is 5.75 Å². The van der Waals surface area contributed by atoms with Crippen LogP contribution in [-0.2, 0) is 9.59 Å². The molecule has 0 unspecified atom stereocenters. The van der Waals surface area contributed by atoms with Crippen molar-refractivity contribution >= 4 is 23.2 Å². The molecule has 0 heterocycles. The number of nitriles is 1. The predicted molar refractivity (Wildman–Crippen MR) is 108 cm³/mol. The lowest BCUT2D eigenvalue weighted by atomic mass is 10.2. The molecule has 2 aromatic carbocycles. The van der Waals surface area contributed by atoms with Gasteiger partial charge >= 0.3 is 0 Å². The van der Waals surface area contributed by atoms with Crippen molar-refractivity contribution < 1.29 is 14.3 Å². The van der Waals surface area contributed by atoms with Crippen LogP contribution < -0.4 is 15.0 Å². The van der Waals surface area contributed by atoms with E-state index < -0.39 is 0 Å². The number of ether oxygens (including phenoxy) is 1. The summed E-state index contributed by atoms with van der Waals surface area (Å²) in [4.78, 5) is 28.2. The summed E-state index contributed by atoms with van der Waals surface area (Å²) in [6, 6.07) is 18.3. The molecule has 0 aliphatic heterocycles. The summed E-state index contributed by atoms with van der Waals surface area (Å²) in [6.45, 7) is 0.429. The molecule has 0 aliphatic carbocycles. The number of amides is 2. The Labute approximate surface area is 165 Å². The summed E-state index contributed by atoms with van der Waals surface area (Å²) in [5.41, 5.74) is 1.36. The summed E-state index contributed by atoms with van der Waals surface area (Å²) >= 11 is 0. The molecule has 2 rings (SSSR count). The molecule has 0 aromatic heterocycles. The van der Waals surface area contributed by atoms with E-state index in [1.165, 1.54) is 0 Å². The minimum absolute atomic E-state index is 0.0594. The van der Waals surface area contributed by atoms with Crippen LogP contribution >= 0.6 is 0 Å². The van der Waals surface area contributed by atoms with E-state index in [1.54, 1.807) is 48.2 Å². The Morgan fingerprint density at radius 1 is 1.11 bits per heavy atom. The average molecular weight is 380 g/mol. The Morgan fingerprint density at radius 3 is 2.54 bits per heavy atom. The number of hydrogen-bond acceptors (Lipinski definition) is 5. The van der Waals surface area contributed by atoms with Crippen LogP contribution in [0, 0.1) is 11.3 Å². The number of rotatable bonds is 9. The number of likely N-dealkylation sites (N-methyl/N-ethyl adjacent to an activating group) is 1. The van der Waals surface area contributed by atoms with Crippen LogP contribution in [0.15, 0.2) is 54.6 Å². The fourth-order valence-corrected chi connectivity index (χ4v) is 2.69. The maximum absolute atomic E-state index is 12.7. The monoisotopic (exact) mass is 380 g/mol. The van der Waals surface area contributed by atoms with E-state index in [9.17, 15) is 9.59 Å². The Bertz CT molecular complexity index is 833. The number of benzene rings is 2. The number of carbonyl (C=O) groups is 2. The molecule has 0 saturated heterocycles. The molecule has 7 heteroatoms. The zero-order chi connectivity index (χ0) is 20.4. The third-order valence-electron chi connectivity index (χ3n) is 3.99. The highest BCUT2D eigenvalue weighted by molar-refractivity contribution is 5.96. The molecule has 0 aliphatic rings. The van der Waals surface area contributed by atoms with E-state index in [0.29, 0.717) is 18.0 Å². The summed E-state index contributed by atoms with van der Waals surface area (Å²) in [6.07, 6.45) is 0.237. The molecule has 0 radical (unpaired) electrons. The smallest absolute Gasteiger partial charge is 0.241 e. The Hall–Kier alpha value is -3.37. The number of anilines is 2. The number of hydrogen-bond donors (Lipinski definition) is 1. The molecular formula is C21H24N4O3. The van der Waals surface area contributed by atoms with Gasteiger partial charge in [0.15, 0.2) is 0 Å². The van der Waals surface area contributed by atoms with Crippen LogP contribution in [0.4, 0.5) is 11.4 Å². The Balaban J connectivity index is 1.93. The van der Waals surface area contributed by atoms with Gasteiger partial charge in [-0.25, -0.2) is 0 Å². The van der Waals surface area contributed by atoms with Gasteiger partial charge in [-0.05, 0) is 31.3 Å². The molecule has 0 spiro atoms. The lowest BCUT2D eigenvalue weighted by Gasteiger charge is -2.24. The van der Waals surface area contributed by atoms with Gasteiger partial charge in [-0.1, -0.05) is 24.3 Å². The van der Waals surface area contributed by atoms with Crippen molar-refractivity contribution in [2.45, 2.75) is 6.42 Å². The van der Waals surface area contributed by atoms with E-state index >= 15 is 0 Å². The van der Waals surface area contributed by atoms with Crippen molar-refractivity contribution in [2.24, 2.45) is 0 Å². The van der Waals surface area contributed by atoms with Crippen molar-refractivity contribution in [3.05, 3.63) is 54.6 Å². The van der Waals surface area contributed by atoms with Crippen molar-refractivity contribution in [3.63, 3.8) is 0 Å². The van der Waals surface area contributed by atoms with Gasteiger partial charge in [0.25, 0.3) is 0 Å². The minimum Gasteiger partial charge on any atom is -0.497 e. The maximum atomic E-state index is 12.7. The van der Waals surface area contributed by atoms with Crippen LogP contribution in [0.3, 0.4) is 0 Å². The van der Waals surface area contributed by atoms with Gasteiger partial charge in [0.2, 0.25) is 11.8 Å². The van der Waals surface area contributed by atoms with Gasteiger partial charge < -0.3 is 15.0 Å². The first-order chi connectivity index (χ1) is 13.5. The van der Waals surface area contributed by atoms with Crippen molar-refractivity contribution in [1.82, 2.24) is 4.90 Å². The number of methoxy groups -OCH3 is 1. The fourth-order valence-electron chi connectivity index (χ4n) is 2.69. The second-order valence-electron chi connectivity index (χ2n) is 6.24. The van der Waals surface area contributed by atoms with Gasteiger partial charge in [-0.15, -0.1) is 0 Å². The zero-order valence-corrected chi connectivity index (χ0v) is 16.1. The first kappa shape index (κ1) is 20.9. The number of para-hydroxylation sites is 1. The van der Waals surface area contributed by atoms with Crippen LogP contribution in [0.1, 0.15) is 6.42 Å². The highest BCUT2D eigenvalue weighted by atomic mass is 16.5. The standard InChI is InChI=1S/C21H24N4O3/c1-24(15-20(26)23-17-8-6-11-19(14-17)28-2)16-21(27)25(13-7-12-22)18-9-4-3-5-10-18/h3-6,8-11,14H,7,13,15-16H2,1-2H3,(H,23,26). The third kappa shape index (κ3) is 6.41. The highest BCUT2D eigenvalue weighted by Crippen LogP contribution is 2.17. The second kappa shape index (κ2) is 10.7. The van der Waals surface area contributed by atoms with E-state index in [-0.39, 0.29) is 31.3 Å². The maximum Gasteiger partial charge on any atom is 0.241 e. The van der Waals surface area contributed by atoms with Crippen LogP contribution in [0.5, 0.6) is 5.75 Å². The van der Waals surface area contributed by atoms with Gasteiger partial charge in [0.05, 0.1) is 32.7 Å². The van der Waals surface area contributed by atoms with Crippen LogP contribution in [-0.4, -0.2) is 50.5 Å². The molecule has 2 aromatic rings. The summed E-state index contributed by atoms with van der Waals surface area (Å²) in [5, 5.41) is 11.6. The lowest BCUT2D eigenvalue weighted by molar-refractivity contribution is -0.121. The van der Waals surface area contributed by atoms with Crippen LogP contribution in [0.25, 0.3) is 0 Å². The van der Waals surface area contributed by atoms with Crippen molar-refractivity contribution in [1.29, 1.82) is 5.26 Å². The zero-order valence-electron chi connectivity index (χ0n) is 16.1.